The average molecular weight is 572 g/mol. The highest BCUT2D eigenvalue weighted by Crippen LogP contribution is 2.42. The van der Waals surface area contributed by atoms with Crippen molar-refractivity contribution in [3.8, 4) is 6.07 Å². The molecule has 39 heavy (non-hydrogen) atoms. The van der Waals surface area contributed by atoms with E-state index in [0.29, 0.717) is 42.0 Å². The van der Waals surface area contributed by atoms with Crippen molar-refractivity contribution >= 4 is 28.2 Å². The minimum absolute atomic E-state index is 0.0585. The molecular weight excluding hydrogens is 530 g/mol. The van der Waals surface area contributed by atoms with E-state index < -0.39 is 11.0 Å². The van der Waals surface area contributed by atoms with Gasteiger partial charge in [-0.05, 0) is 64.0 Å². The van der Waals surface area contributed by atoms with E-state index in [9.17, 15) is 14.3 Å². The van der Waals surface area contributed by atoms with Crippen molar-refractivity contribution < 1.29 is 9.00 Å². The number of carbonyl (C=O) groups is 1. The van der Waals surface area contributed by atoms with Crippen LogP contribution in [-0.2, 0) is 15.8 Å². The van der Waals surface area contributed by atoms with Crippen molar-refractivity contribution in [1.29, 1.82) is 5.26 Å². The van der Waals surface area contributed by atoms with Crippen LogP contribution in [-0.4, -0.2) is 72.1 Å². The van der Waals surface area contributed by atoms with Gasteiger partial charge in [-0.3, -0.25) is 9.69 Å². The Kier molecular flexibility index (Phi) is 8.86. The van der Waals surface area contributed by atoms with E-state index in [0.717, 1.165) is 55.2 Å². The van der Waals surface area contributed by atoms with Gasteiger partial charge in [-0.2, -0.15) is 5.26 Å². The van der Waals surface area contributed by atoms with Crippen LogP contribution in [0.5, 0.6) is 0 Å². The second-order valence-corrected chi connectivity index (χ2v) is 14.1. The number of aryl methyl sites for hydroxylation is 1. The van der Waals surface area contributed by atoms with Gasteiger partial charge in [-0.15, -0.1) is 21.5 Å². The van der Waals surface area contributed by atoms with Gasteiger partial charge in [0.25, 0.3) is 0 Å². The van der Waals surface area contributed by atoms with Gasteiger partial charge in [0.2, 0.25) is 5.91 Å². The fraction of sp³-hybridized carbons (Fsp3) is 0.714. The first-order chi connectivity index (χ1) is 18.7. The lowest BCUT2D eigenvalue weighted by atomic mass is 9.95. The summed E-state index contributed by atoms with van der Waals surface area (Å²) < 4.78 is 16.1. The molecule has 3 saturated heterocycles. The van der Waals surface area contributed by atoms with Crippen molar-refractivity contribution in [3.05, 3.63) is 33.5 Å². The topological polar surface area (TPSA) is 107 Å². The average Bonchev–Trinajstić information content (AvgIpc) is 3.62. The summed E-state index contributed by atoms with van der Waals surface area (Å²) in [4.78, 5) is 17.7. The minimum Gasteiger partial charge on any atom is -0.348 e. The third-order valence-electron chi connectivity index (χ3n) is 8.89. The van der Waals surface area contributed by atoms with Gasteiger partial charge < -0.3 is 9.88 Å². The number of aromatic nitrogens is 3. The van der Waals surface area contributed by atoms with Gasteiger partial charge in [0.05, 0.1) is 17.0 Å². The summed E-state index contributed by atoms with van der Waals surface area (Å²) in [7, 11) is -0.985. The molecule has 3 aliphatic heterocycles. The molecule has 1 N–H and O–H groups in total. The molecule has 1 amide bonds. The summed E-state index contributed by atoms with van der Waals surface area (Å²) in [5.74, 6) is 2.49. The Morgan fingerprint density at radius 1 is 1.15 bits per heavy atom. The third-order valence-corrected chi connectivity index (χ3v) is 11.1. The van der Waals surface area contributed by atoms with Crippen molar-refractivity contribution in [1.82, 2.24) is 29.3 Å². The van der Waals surface area contributed by atoms with Crippen LogP contribution in [0.25, 0.3) is 0 Å². The number of rotatable bonds is 9. The van der Waals surface area contributed by atoms with Crippen LogP contribution in [0.3, 0.4) is 0 Å². The summed E-state index contributed by atoms with van der Waals surface area (Å²) in [5.41, 5.74) is 0. The summed E-state index contributed by atoms with van der Waals surface area (Å²) >= 11 is 1.48. The first-order valence-corrected chi connectivity index (χ1v) is 16.6. The van der Waals surface area contributed by atoms with Gasteiger partial charge >= 0.3 is 0 Å². The number of fused-ring (bicyclic) bond motifs is 2. The lowest BCUT2D eigenvalue weighted by molar-refractivity contribution is -0.127. The predicted molar refractivity (Wildman–Crippen MR) is 154 cm³/mol. The maximum absolute atomic E-state index is 13.3. The monoisotopic (exact) mass is 571 g/mol. The minimum atomic E-state index is -0.985. The number of amides is 1. The lowest BCUT2D eigenvalue weighted by Gasteiger charge is -2.40. The second-order valence-electron chi connectivity index (χ2n) is 11.7. The van der Waals surface area contributed by atoms with Crippen LogP contribution in [0.1, 0.15) is 98.2 Å². The van der Waals surface area contributed by atoms with Crippen LogP contribution in [0, 0.1) is 24.2 Å². The zero-order valence-electron chi connectivity index (χ0n) is 23.5. The molecule has 0 spiro atoms. The summed E-state index contributed by atoms with van der Waals surface area (Å²) in [6.45, 7) is 8.75. The molecule has 2 aromatic heterocycles. The Balaban J connectivity index is 1.24. The third kappa shape index (κ3) is 6.14. The number of hydrogen-bond donors (Lipinski definition) is 1. The van der Waals surface area contributed by atoms with Crippen LogP contribution in [0.2, 0.25) is 0 Å². The number of hydrogen-bond acceptors (Lipinski definition) is 7. The van der Waals surface area contributed by atoms with Crippen LogP contribution >= 0.6 is 11.3 Å². The zero-order chi connectivity index (χ0) is 27.7. The maximum Gasteiger partial charge on any atom is 0.223 e. The van der Waals surface area contributed by atoms with E-state index in [1.165, 1.54) is 24.2 Å². The molecule has 212 valence electrons. The SMILES string of the molecule is Cc1nnc(C(C)C)n1C1CC2CCC(C1)N2CCC(NC(=O)C1CCN(S(C)=O)CC1)c1ccc(C#N)s1. The van der Waals surface area contributed by atoms with Crippen LogP contribution in [0.15, 0.2) is 12.1 Å². The smallest absolute Gasteiger partial charge is 0.223 e. The van der Waals surface area contributed by atoms with Crippen LogP contribution < -0.4 is 5.32 Å². The molecule has 3 fully saturated rings. The van der Waals surface area contributed by atoms with E-state index in [1.807, 2.05) is 16.4 Å². The Morgan fingerprint density at radius 2 is 1.85 bits per heavy atom. The largest absolute Gasteiger partial charge is 0.348 e. The highest BCUT2D eigenvalue weighted by Gasteiger charge is 2.42. The van der Waals surface area contributed by atoms with Crippen molar-refractivity contribution in [3.63, 3.8) is 0 Å². The van der Waals surface area contributed by atoms with Crippen LogP contribution in [0.4, 0.5) is 0 Å². The lowest BCUT2D eigenvalue weighted by Crippen LogP contribution is -2.46. The van der Waals surface area contributed by atoms with Crippen molar-refractivity contribution in [2.24, 2.45) is 5.92 Å². The number of thiophene rings is 1. The molecule has 3 aliphatic rings. The van der Waals surface area contributed by atoms with E-state index in [2.05, 4.69) is 51.8 Å². The molecule has 0 saturated carbocycles. The quantitative estimate of drug-likeness (QED) is 0.486. The van der Waals surface area contributed by atoms with Gasteiger partial charge in [-0.25, -0.2) is 8.51 Å². The van der Waals surface area contributed by atoms with E-state index in [-0.39, 0.29) is 17.9 Å². The van der Waals surface area contributed by atoms with Gasteiger partial charge in [0.1, 0.15) is 22.6 Å². The molecule has 0 radical (unpaired) electrons. The van der Waals surface area contributed by atoms with Gasteiger partial charge in [-0.1, -0.05) is 13.8 Å². The number of piperidine rings is 2. The molecule has 0 aromatic carbocycles. The number of nitrogens with zero attached hydrogens (tertiary/aromatic N) is 6. The van der Waals surface area contributed by atoms with E-state index in [4.69, 9.17) is 0 Å². The fourth-order valence-electron chi connectivity index (χ4n) is 6.88. The fourth-order valence-corrected chi connectivity index (χ4v) is 8.50. The van der Waals surface area contributed by atoms with Crippen molar-refractivity contribution in [2.75, 3.05) is 25.9 Å². The summed E-state index contributed by atoms with van der Waals surface area (Å²) in [6.07, 6.45) is 8.64. The highest BCUT2D eigenvalue weighted by molar-refractivity contribution is 7.81. The standard InChI is InChI=1S/C28H41N7O2S2/c1-18(2)27-32-31-19(3)35(27)23-15-21-5-6-22(16-23)34(21)14-11-25(26-8-7-24(17-29)38-26)30-28(36)20-9-12-33(13-10-20)39(4)37/h7-8,18,20-23,25H,5-6,9-16H2,1-4H3,(H,30,36). The zero-order valence-corrected chi connectivity index (χ0v) is 25.1. The molecule has 5 heterocycles. The number of carbonyl (C=O) groups excluding carboxylic acids is 1. The molecule has 4 unspecified atom stereocenters. The van der Waals surface area contributed by atoms with E-state index in [1.54, 1.807) is 6.26 Å². The Bertz CT molecular complexity index is 1210. The van der Waals surface area contributed by atoms with Crippen molar-refractivity contribution in [2.45, 2.75) is 95.8 Å². The normalized spacial score (nSPS) is 26.0. The summed E-state index contributed by atoms with van der Waals surface area (Å²) in [6, 6.07) is 7.51. The Morgan fingerprint density at radius 3 is 2.44 bits per heavy atom. The maximum atomic E-state index is 13.3. The van der Waals surface area contributed by atoms with Gasteiger partial charge in [0, 0.05) is 60.7 Å². The van der Waals surface area contributed by atoms with E-state index >= 15 is 0 Å². The first-order valence-electron chi connectivity index (χ1n) is 14.3. The number of nitrogens with one attached hydrogen (secondary N) is 1. The number of nitriles is 1. The molecule has 2 bridgehead atoms. The molecule has 2 aromatic rings. The Hall–Kier alpha value is -2.13. The predicted octanol–water partition coefficient (Wildman–Crippen LogP) is 4.06. The first kappa shape index (κ1) is 28.4. The second kappa shape index (κ2) is 12.2. The molecule has 11 heteroatoms. The molecule has 5 rings (SSSR count). The van der Waals surface area contributed by atoms with Gasteiger partial charge in [0.15, 0.2) is 0 Å². The Labute approximate surface area is 238 Å². The molecule has 4 atom stereocenters. The molecular formula is C28H41N7O2S2. The summed E-state index contributed by atoms with van der Waals surface area (Å²) in [5, 5.41) is 21.6. The molecule has 0 aliphatic carbocycles. The molecule has 9 nitrogen and oxygen atoms in total. The highest BCUT2D eigenvalue weighted by atomic mass is 32.2.